The van der Waals surface area contributed by atoms with E-state index in [1.807, 2.05) is 0 Å². The highest BCUT2D eigenvalue weighted by Gasteiger charge is 2.69. The SMILES string of the molecule is CCCCCCCCCCCCCCCC[N+]12CC[N+](CC(C)C(C)C(C)C(C)C[N+]34CC[N+](CCCCCCCCCCCCCCCC)(CC3)CC4)(CC1)CC2.CCCCCCCCCCCCCCCC[N+]12CC[N+](CC(C)C[N+]34CC[N+](CCCCCCCCCCCCCCCC)(CC3)CC4)(CC1)CC2.CCC[N+]12C[N+](C)(C1)C2. The molecule has 15 heterocycles. The van der Waals surface area contributed by atoms with E-state index in [2.05, 4.69) is 76.3 Å². The van der Waals surface area contributed by atoms with Gasteiger partial charge in [0.1, 0.15) is 157 Å². The first-order chi connectivity index (χ1) is 57.8. The number of hydrogen-bond acceptors (Lipinski definition) is 0. The molecular weight excluding hydrogens is 1450 g/mol. The van der Waals surface area contributed by atoms with E-state index in [1.54, 1.807) is 0 Å². The average Bonchev–Trinajstić information content (AvgIpc) is 0.692. The standard InChI is InChI=1S/C54H110N4.C48H98N4.C7H16N2/c1-7-9-11-13-15-17-19-21-23-25-27-29-31-33-35-55-37-43-57(44-38-55,45-39-55)49-51(3)53(5)54(6)52(4)50-58-46-40-56(41-47-58,42-48-58)36-34-32-30-28-26-24-22-20-18-16-14-12-10-8-2;1-4-6-8-10-12-14-16-18-20-22-24-26-28-30-32-49-34-40-51(41-35-49,42-36-49)46-48(3)47-52-43-37-50(38-44-52,39-45-52)33-31-29-27-25-23-21-19-17-15-13-11-9-7-5-2;1-3-4-9-5-8(2,6-9)7-9/h51-54H,7-50H2,1-6H3;48H,4-47H2,1-3H3;3-7H2,1-2H3/q2*+4;+2. The summed E-state index contributed by atoms with van der Waals surface area (Å²) in [5.74, 6) is 4.26. The molecule has 10 nitrogen and oxygen atoms in total. The fourth-order valence-electron chi connectivity index (χ4n) is 27.5. The van der Waals surface area contributed by atoms with Crippen molar-refractivity contribution in [2.45, 2.75) is 435 Å². The lowest BCUT2D eigenvalue weighted by molar-refractivity contribution is -1.42. The predicted octanol–water partition coefficient (Wildman–Crippen LogP) is 26.3. The van der Waals surface area contributed by atoms with Crippen molar-refractivity contribution in [2.75, 3.05) is 243 Å². The molecule has 15 aliphatic heterocycles. The van der Waals surface area contributed by atoms with Crippen molar-refractivity contribution < 1.29 is 44.8 Å². The Labute approximate surface area is 748 Å². The summed E-state index contributed by atoms with van der Waals surface area (Å²) in [5.41, 5.74) is 0. The van der Waals surface area contributed by atoms with Crippen LogP contribution in [0.25, 0.3) is 0 Å². The van der Waals surface area contributed by atoms with Crippen LogP contribution in [0.1, 0.15) is 435 Å². The molecule has 4 atom stereocenters. The van der Waals surface area contributed by atoms with E-state index in [9.17, 15) is 0 Å². The lowest BCUT2D eigenvalue weighted by Gasteiger charge is -2.66. The maximum Gasteiger partial charge on any atom is 0.225 e. The summed E-state index contributed by atoms with van der Waals surface area (Å²) in [5, 5.41) is 0. The molecule has 0 radical (unpaired) electrons. The van der Waals surface area contributed by atoms with Crippen LogP contribution in [0.15, 0.2) is 0 Å². The van der Waals surface area contributed by atoms with Crippen LogP contribution in [0.2, 0.25) is 0 Å². The minimum atomic E-state index is 0.837. The Balaban J connectivity index is 0.000000268. The van der Waals surface area contributed by atoms with Crippen molar-refractivity contribution in [3.8, 4) is 0 Å². The van der Waals surface area contributed by atoms with Gasteiger partial charge in [0.15, 0.2) is 0 Å². The Morgan fingerprint density at radius 3 is 0.471 bits per heavy atom. The van der Waals surface area contributed by atoms with E-state index in [0.717, 1.165) is 29.6 Å². The summed E-state index contributed by atoms with van der Waals surface area (Å²) in [4.78, 5) is 0. The van der Waals surface area contributed by atoms with Crippen molar-refractivity contribution in [3.05, 3.63) is 0 Å². The molecule has 0 N–H and O–H groups in total. The highest BCUT2D eigenvalue weighted by molar-refractivity contribution is 4.77. The van der Waals surface area contributed by atoms with Gasteiger partial charge in [-0.05, 0) is 69.6 Å². The summed E-state index contributed by atoms with van der Waals surface area (Å²) < 4.78 is 14.6. The molecule has 700 valence electrons. The number of hydrogen-bond donors (Lipinski definition) is 0. The van der Waals surface area contributed by atoms with E-state index < -0.39 is 0 Å². The van der Waals surface area contributed by atoms with Crippen molar-refractivity contribution in [1.82, 2.24) is 0 Å². The first kappa shape index (κ1) is 104. The quantitative estimate of drug-likeness (QED) is 0.0421. The molecule has 0 aromatic carbocycles. The van der Waals surface area contributed by atoms with Gasteiger partial charge in [-0.15, -0.1) is 0 Å². The molecule has 15 rings (SSSR count). The third kappa shape index (κ3) is 37.2. The molecule has 15 aliphatic rings. The van der Waals surface area contributed by atoms with E-state index in [4.69, 9.17) is 0 Å². The zero-order valence-electron chi connectivity index (χ0n) is 84.1. The second-order valence-corrected chi connectivity index (χ2v) is 47.0. The van der Waals surface area contributed by atoms with Gasteiger partial charge in [0, 0.05) is 11.8 Å². The molecule has 4 unspecified atom stereocenters. The number of nitrogens with zero attached hydrogens (tertiary/aromatic N) is 10. The van der Waals surface area contributed by atoms with Crippen molar-refractivity contribution in [2.24, 2.45) is 29.6 Å². The van der Waals surface area contributed by atoms with Crippen LogP contribution >= 0.6 is 0 Å². The van der Waals surface area contributed by atoms with Gasteiger partial charge in [-0.1, -0.05) is 377 Å². The van der Waals surface area contributed by atoms with Gasteiger partial charge in [-0.25, -0.2) is 0 Å². The van der Waals surface area contributed by atoms with E-state index in [1.165, 1.54) is 647 Å². The van der Waals surface area contributed by atoms with Gasteiger partial charge in [-0.2, -0.15) is 8.97 Å². The van der Waals surface area contributed by atoms with Crippen molar-refractivity contribution in [1.29, 1.82) is 0 Å². The first-order valence-electron chi connectivity index (χ1n) is 56.3. The average molecular weight is 1680 g/mol. The van der Waals surface area contributed by atoms with E-state index in [0.29, 0.717) is 0 Å². The Morgan fingerprint density at radius 1 is 0.160 bits per heavy atom. The van der Waals surface area contributed by atoms with Crippen LogP contribution in [0.3, 0.4) is 0 Å². The summed E-state index contributed by atoms with van der Waals surface area (Å²) in [6.45, 7) is 77.9. The summed E-state index contributed by atoms with van der Waals surface area (Å²) in [6, 6.07) is 0. The molecule has 0 saturated carbocycles. The molecule has 0 aromatic heterocycles. The van der Waals surface area contributed by atoms with Crippen LogP contribution < -0.4 is 0 Å². The Hall–Kier alpha value is -0.400. The maximum atomic E-state index is 2.65. The Kier molecular flexibility index (Phi) is 49.7. The topological polar surface area (TPSA) is 0 Å². The third-order valence-corrected chi connectivity index (χ3v) is 36.5. The minimum Gasteiger partial charge on any atom is -0.310 e. The fourth-order valence-corrected chi connectivity index (χ4v) is 27.5. The first-order valence-corrected chi connectivity index (χ1v) is 56.3. The fraction of sp³-hybridized carbons (Fsp3) is 1.00. The van der Waals surface area contributed by atoms with Crippen LogP contribution in [-0.2, 0) is 0 Å². The minimum absolute atomic E-state index is 0.837. The van der Waals surface area contributed by atoms with Gasteiger partial charge >= 0.3 is 0 Å². The number of rotatable bonds is 73. The number of fused-ring (bicyclic) bond motifs is 12. The zero-order chi connectivity index (χ0) is 84.6. The molecule has 15 fully saturated rings. The largest absolute Gasteiger partial charge is 0.310 e. The second kappa shape index (κ2) is 56.9. The maximum absolute atomic E-state index is 2.65. The number of piperazine rings is 12. The monoisotopic (exact) mass is 1670 g/mol. The van der Waals surface area contributed by atoms with Crippen LogP contribution in [0.4, 0.5) is 0 Å². The normalized spacial score (nSPS) is 30.8. The molecule has 0 aromatic rings. The highest BCUT2D eigenvalue weighted by atomic mass is 15.8. The highest BCUT2D eigenvalue weighted by Crippen LogP contribution is 2.42. The molecule has 0 spiro atoms. The molecule has 0 amide bonds. The van der Waals surface area contributed by atoms with Gasteiger partial charge in [0.05, 0.1) is 71.9 Å². The molecule has 119 heavy (non-hydrogen) atoms. The smallest absolute Gasteiger partial charge is 0.225 e. The van der Waals surface area contributed by atoms with Crippen LogP contribution in [0, 0.1) is 29.6 Å². The third-order valence-electron chi connectivity index (χ3n) is 36.5. The summed E-state index contributed by atoms with van der Waals surface area (Å²) >= 11 is 0. The lowest BCUT2D eigenvalue weighted by atomic mass is 9.77. The van der Waals surface area contributed by atoms with Gasteiger partial charge in [0.2, 0.25) is 20.0 Å². The zero-order valence-corrected chi connectivity index (χ0v) is 84.1. The van der Waals surface area contributed by atoms with Crippen LogP contribution in [-0.4, -0.2) is 288 Å². The van der Waals surface area contributed by atoms with Crippen molar-refractivity contribution >= 4 is 0 Å². The molecule has 10 heteroatoms. The van der Waals surface area contributed by atoms with E-state index >= 15 is 0 Å². The Bertz CT molecular complexity index is 2240. The molecule has 15 saturated heterocycles. The van der Waals surface area contributed by atoms with Gasteiger partial charge < -0.3 is 35.9 Å². The van der Waals surface area contributed by atoms with Crippen molar-refractivity contribution in [3.63, 3.8) is 0 Å². The number of quaternary nitrogens is 10. The molecular formula is C109H224N10+10. The van der Waals surface area contributed by atoms with Gasteiger partial charge in [0.25, 0.3) is 0 Å². The molecule has 0 aliphatic carbocycles. The Morgan fingerprint density at radius 2 is 0.311 bits per heavy atom. The summed E-state index contributed by atoms with van der Waals surface area (Å²) in [6.07, 6.45) is 84.0. The second-order valence-electron chi connectivity index (χ2n) is 47.0. The summed E-state index contributed by atoms with van der Waals surface area (Å²) in [7, 11) is 2.36. The number of unbranched alkanes of at least 4 members (excludes halogenated alkanes) is 52. The molecule has 10 bridgehead atoms. The lowest BCUT2D eigenvalue weighted by Crippen LogP contribution is -2.93. The van der Waals surface area contributed by atoms with Gasteiger partial charge in [-0.3, -0.25) is 0 Å². The predicted molar refractivity (Wildman–Crippen MR) is 521 cm³/mol. The van der Waals surface area contributed by atoms with E-state index in [-0.39, 0.29) is 0 Å². The van der Waals surface area contributed by atoms with Crippen LogP contribution in [0.5, 0.6) is 0 Å².